The standard InChI is InChI=1S/C15H13F2N/c16-12-4-5-14(17)13(9-12)10-3-6-15-11(8-10)2-1-7-18-15/h3-6,8-9,18H,1-2,7H2. The summed E-state index contributed by atoms with van der Waals surface area (Å²) in [5.41, 5.74) is 3.32. The van der Waals surface area contributed by atoms with Crippen LogP contribution in [0.1, 0.15) is 12.0 Å². The first kappa shape index (κ1) is 11.2. The van der Waals surface area contributed by atoms with Crippen molar-refractivity contribution in [2.24, 2.45) is 0 Å². The van der Waals surface area contributed by atoms with E-state index in [2.05, 4.69) is 5.32 Å². The smallest absolute Gasteiger partial charge is 0.131 e. The van der Waals surface area contributed by atoms with E-state index in [-0.39, 0.29) is 5.82 Å². The molecule has 0 atom stereocenters. The van der Waals surface area contributed by atoms with Gasteiger partial charge in [-0.2, -0.15) is 0 Å². The Morgan fingerprint density at radius 2 is 1.89 bits per heavy atom. The lowest BCUT2D eigenvalue weighted by molar-refractivity contribution is 0.603. The normalized spacial score (nSPS) is 13.9. The Bertz CT molecular complexity index is 593. The lowest BCUT2D eigenvalue weighted by Crippen LogP contribution is -2.11. The third-order valence-electron chi connectivity index (χ3n) is 3.28. The zero-order chi connectivity index (χ0) is 12.5. The van der Waals surface area contributed by atoms with Crippen molar-refractivity contribution in [2.45, 2.75) is 12.8 Å². The Balaban J connectivity index is 2.09. The monoisotopic (exact) mass is 245 g/mol. The van der Waals surface area contributed by atoms with E-state index in [1.54, 1.807) is 0 Å². The minimum absolute atomic E-state index is 0.323. The lowest BCUT2D eigenvalue weighted by atomic mass is 9.97. The van der Waals surface area contributed by atoms with E-state index in [0.717, 1.165) is 36.7 Å². The Morgan fingerprint density at radius 3 is 2.78 bits per heavy atom. The SMILES string of the molecule is Fc1ccc(F)c(-c2ccc3c(c2)CCCN3)c1. The predicted octanol–water partition coefficient (Wildman–Crippen LogP) is 3.99. The van der Waals surface area contributed by atoms with E-state index in [1.165, 1.54) is 17.7 Å². The van der Waals surface area contributed by atoms with Crippen molar-refractivity contribution >= 4 is 5.69 Å². The van der Waals surface area contributed by atoms with Gasteiger partial charge in [-0.05, 0) is 54.3 Å². The highest BCUT2D eigenvalue weighted by Gasteiger charge is 2.12. The molecular weight excluding hydrogens is 232 g/mol. The Kier molecular flexibility index (Phi) is 2.74. The second-order valence-electron chi connectivity index (χ2n) is 4.53. The summed E-state index contributed by atoms with van der Waals surface area (Å²) in [5, 5.41) is 3.30. The van der Waals surface area contributed by atoms with Crippen LogP contribution in [-0.4, -0.2) is 6.54 Å². The van der Waals surface area contributed by atoms with Gasteiger partial charge in [0.1, 0.15) is 11.6 Å². The molecule has 18 heavy (non-hydrogen) atoms. The molecule has 0 bridgehead atoms. The lowest BCUT2D eigenvalue weighted by Gasteiger charge is -2.18. The molecule has 0 aromatic heterocycles. The first-order chi connectivity index (χ1) is 8.74. The third-order valence-corrected chi connectivity index (χ3v) is 3.28. The summed E-state index contributed by atoms with van der Waals surface area (Å²) >= 11 is 0. The zero-order valence-corrected chi connectivity index (χ0v) is 9.84. The van der Waals surface area contributed by atoms with E-state index >= 15 is 0 Å². The maximum atomic E-state index is 13.7. The van der Waals surface area contributed by atoms with Crippen molar-refractivity contribution in [1.82, 2.24) is 0 Å². The second-order valence-corrected chi connectivity index (χ2v) is 4.53. The number of halogens is 2. The molecular formula is C15H13F2N. The number of hydrogen-bond acceptors (Lipinski definition) is 1. The van der Waals surface area contributed by atoms with Gasteiger partial charge in [0.25, 0.3) is 0 Å². The summed E-state index contributed by atoms with van der Waals surface area (Å²) in [6.45, 7) is 0.973. The van der Waals surface area contributed by atoms with E-state index in [0.29, 0.717) is 5.56 Å². The molecule has 2 aromatic carbocycles. The van der Waals surface area contributed by atoms with Gasteiger partial charge in [-0.15, -0.1) is 0 Å². The van der Waals surface area contributed by atoms with Crippen LogP contribution in [-0.2, 0) is 6.42 Å². The van der Waals surface area contributed by atoms with Crippen molar-refractivity contribution in [3.8, 4) is 11.1 Å². The topological polar surface area (TPSA) is 12.0 Å². The maximum Gasteiger partial charge on any atom is 0.131 e. The van der Waals surface area contributed by atoms with E-state index in [4.69, 9.17) is 0 Å². The Hall–Kier alpha value is -1.90. The molecule has 3 heteroatoms. The maximum absolute atomic E-state index is 13.7. The average molecular weight is 245 g/mol. The molecule has 0 spiro atoms. The number of fused-ring (bicyclic) bond motifs is 1. The van der Waals surface area contributed by atoms with Crippen LogP contribution < -0.4 is 5.32 Å². The summed E-state index contributed by atoms with van der Waals surface area (Å²) in [7, 11) is 0. The van der Waals surface area contributed by atoms with Gasteiger partial charge in [0.15, 0.2) is 0 Å². The molecule has 0 amide bonds. The van der Waals surface area contributed by atoms with Crippen molar-refractivity contribution in [3.05, 3.63) is 53.6 Å². The Morgan fingerprint density at radius 1 is 1.00 bits per heavy atom. The van der Waals surface area contributed by atoms with Gasteiger partial charge in [-0.25, -0.2) is 8.78 Å². The molecule has 3 rings (SSSR count). The molecule has 0 aliphatic carbocycles. The molecule has 1 nitrogen and oxygen atoms in total. The minimum Gasteiger partial charge on any atom is -0.385 e. The highest BCUT2D eigenvalue weighted by Crippen LogP contribution is 2.30. The summed E-state index contributed by atoms with van der Waals surface area (Å²) in [6, 6.07) is 9.26. The van der Waals surface area contributed by atoms with Crippen LogP contribution in [0.15, 0.2) is 36.4 Å². The fourth-order valence-electron chi connectivity index (χ4n) is 2.36. The molecule has 2 aromatic rings. The fraction of sp³-hybridized carbons (Fsp3) is 0.200. The van der Waals surface area contributed by atoms with Crippen molar-refractivity contribution in [2.75, 3.05) is 11.9 Å². The third kappa shape index (κ3) is 1.96. The van der Waals surface area contributed by atoms with Crippen LogP contribution in [0.25, 0.3) is 11.1 Å². The number of aryl methyl sites for hydroxylation is 1. The van der Waals surface area contributed by atoms with Gasteiger partial charge in [0.05, 0.1) is 0 Å². The van der Waals surface area contributed by atoms with Crippen molar-refractivity contribution in [1.29, 1.82) is 0 Å². The van der Waals surface area contributed by atoms with E-state index < -0.39 is 5.82 Å². The van der Waals surface area contributed by atoms with Crippen LogP contribution in [0.4, 0.5) is 14.5 Å². The summed E-state index contributed by atoms with van der Waals surface area (Å²) in [6.07, 6.45) is 2.05. The van der Waals surface area contributed by atoms with Gasteiger partial charge < -0.3 is 5.32 Å². The van der Waals surface area contributed by atoms with Gasteiger partial charge in [-0.3, -0.25) is 0 Å². The van der Waals surface area contributed by atoms with Crippen LogP contribution in [0.5, 0.6) is 0 Å². The second kappa shape index (κ2) is 4.41. The summed E-state index contributed by atoms with van der Waals surface area (Å²) in [4.78, 5) is 0. The molecule has 92 valence electrons. The number of benzene rings is 2. The number of anilines is 1. The van der Waals surface area contributed by atoms with Crippen LogP contribution >= 0.6 is 0 Å². The number of nitrogens with one attached hydrogen (secondary N) is 1. The quantitative estimate of drug-likeness (QED) is 0.801. The molecule has 0 saturated heterocycles. The first-order valence-corrected chi connectivity index (χ1v) is 6.06. The average Bonchev–Trinajstić information content (AvgIpc) is 2.41. The van der Waals surface area contributed by atoms with Crippen LogP contribution in [0.3, 0.4) is 0 Å². The van der Waals surface area contributed by atoms with Gasteiger partial charge in [0.2, 0.25) is 0 Å². The molecule has 0 saturated carbocycles. The molecule has 0 radical (unpaired) electrons. The van der Waals surface area contributed by atoms with Gasteiger partial charge in [0, 0.05) is 17.8 Å². The molecule has 0 unspecified atom stereocenters. The number of hydrogen-bond donors (Lipinski definition) is 1. The molecule has 1 heterocycles. The highest BCUT2D eigenvalue weighted by molar-refractivity contribution is 5.69. The molecule has 1 aliphatic heterocycles. The highest BCUT2D eigenvalue weighted by atomic mass is 19.1. The Labute approximate surface area is 104 Å². The van der Waals surface area contributed by atoms with Crippen LogP contribution in [0.2, 0.25) is 0 Å². The van der Waals surface area contributed by atoms with Gasteiger partial charge >= 0.3 is 0 Å². The molecule has 0 fully saturated rings. The summed E-state index contributed by atoms with van der Waals surface area (Å²) in [5.74, 6) is -0.803. The first-order valence-electron chi connectivity index (χ1n) is 6.06. The molecule has 1 aliphatic rings. The minimum atomic E-state index is -0.415. The number of rotatable bonds is 1. The van der Waals surface area contributed by atoms with E-state index in [9.17, 15) is 8.78 Å². The predicted molar refractivity (Wildman–Crippen MR) is 68.6 cm³/mol. The zero-order valence-electron chi connectivity index (χ0n) is 9.84. The molecule has 1 N–H and O–H groups in total. The fourth-order valence-corrected chi connectivity index (χ4v) is 2.36. The van der Waals surface area contributed by atoms with Gasteiger partial charge in [-0.1, -0.05) is 6.07 Å². The van der Waals surface area contributed by atoms with Crippen molar-refractivity contribution in [3.63, 3.8) is 0 Å². The van der Waals surface area contributed by atoms with Crippen molar-refractivity contribution < 1.29 is 8.78 Å². The largest absolute Gasteiger partial charge is 0.385 e. The van der Waals surface area contributed by atoms with E-state index in [1.807, 2.05) is 18.2 Å². The van der Waals surface area contributed by atoms with Crippen LogP contribution in [0, 0.1) is 11.6 Å². The summed E-state index contributed by atoms with van der Waals surface area (Å²) < 4.78 is 26.9.